The number of nitrogens with one attached hydrogen (secondary N) is 1. The number of rotatable bonds is 6. The highest BCUT2D eigenvalue weighted by atomic mass is 35.5. The number of anilines is 1. The van der Waals surface area contributed by atoms with E-state index in [2.05, 4.69) is 5.32 Å². The fraction of sp³-hybridized carbons (Fsp3) is 0.120. The molecule has 0 spiro atoms. The third-order valence-electron chi connectivity index (χ3n) is 5.25. The Balaban J connectivity index is 1.44. The summed E-state index contributed by atoms with van der Waals surface area (Å²) in [6.07, 6.45) is -1.13. The Bertz CT molecular complexity index is 1310. The van der Waals surface area contributed by atoms with E-state index in [0.29, 0.717) is 5.56 Å². The van der Waals surface area contributed by atoms with E-state index in [-0.39, 0.29) is 39.8 Å². The number of carbonyl (C=O) groups excluding carboxylic acids is 4. The number of carbonyl (C=O) groups is 4. The van der Waals surface area contributed by atoms with Gasteiger partial charge in [0, 0.05) is 6.54 Å². The van der Waals surface area contributed by atoms with Gasteiger partial charge in [0.15, 0.2) is 6.10 Å². The summed E-state index contributed by atoms with van der Waals surface area (Å²) in [6.45, 7) is 1.54. The smallest absolute Gasteiger partial charge is 0.338 e. The fourth-order valence-electron chi connectivity index (χ4n) is 3.44. The molecule has 34 heavy (non-hydrogen) atoms. The first-order chi connectivity index (χ1) is 16.3. The van der Waals surface area contributed by atoms with E-state index in [9.17, 15) is 23.6 Å². The molecule has 1 aliphatic rings. The van der Waals surface area contributed by atoms with Crippen molar-refractivity contribution in [1.29, 1.82) is 0 Å². The average Bonchev–Trinajstić information content (AvgIpc) is 3.08. The number of nitrogens with zero attached hydrogens (tertiary/aromatic N) is 1. The molecule has 1 aliphatic heterocycles. The number of esters is 1. The summed E-state index contributed by atoms with van der Waals surface area (Å²) in [5, 5.41) is 2.84. The molecular formula is C25H18ClFN2O5. The molecule has 9 heteroatoms. The number of fused-ring (bicyclic) bond motifs is 1. The zero-order valence-corrected chi connectivity index (χ0v) is 18.6. The number of halogens is 2. The normalized spacial score (nSPS) is 13.4. The van der Waals surface area contributed by atoms with Gasteiger partial charge in [-0.3, -0.25) is 14.4 Å². The standard InChI is InChI=1S/C25H18ClFN2O5/c1-14(22(30)28-13-15-6-9-17(27)10-7-15)34-25(33)16-8-11-18-19(12-16)24(32)29(23(18)31)21-5-3-2-4-20(21)26/h2-12,14H,13H2,1H3,(H,28,30). The maximum atomic E-state index is 13.0. The summed E-state index contributed by atoms with van der Waals surface area (Å²) in [6, 6.07) is 16.0. The van der Waals surface area contributed by atoms with Crippen LogP contribution in [0.1, 0.15) is 43.6 Å². The summed E-state index contributed by atoms with van der Waals surface area (Å²) in [7, 11) is 0. The van der Waals surface area contributed by atoms with Crippen LogP contribution in [0.2, 0.25) is 5.02 Å². The van der Waals surface area contributed by atoms with E-state index >= 15 is 0 Å². The molecule has 0 fully saturated rings. The molecule has 7 nitrogen and oxygen atoms in total. The topological polar surface area (TPSA) is 92.8 Å². The first kappa shape index (κ1) is 23.1. The predicted molar refractivity (Wildman–Crippen MR) is 122 cm³/mol. The van der Waals surface area contributed by atoms with Crippen LogP contribution in [0.3, 0.4) is 0 Å². The van der Waals surface area contributed by atoms with Gasteiger partial charge in [0.25, 0.3) is 17.7 Å². The van der Waals surface area contributed by atoms with Gasteiger partial charge >= 0.3 is 5.97 Å². The van der Waals surface area contributed by atoms with Crippen molar-refractivity contribution in [1.82, 2.24) is 5.32 Å². The monoisotopic (exact) mass is 480 g/mol. The summed E-state index contributed by atoms with van der Waals surface area (Å²) in [5.74, 6) is -2.94. The van der Waals surface area contributed by atoms with Crippen molar-refractivity contribution in [2.45, 2.75) is 19.6 Å². The molecule has 3 aromatic carbocycles. The highest BCUT2D eigenvalue weighted by Gasteiger charge is 2.38. The lowest BCUT2D eigenvalue weighted by atomic mass is 10.1. The number of benzene rings is 3. The SMILES string of the molecule is CC(OC(=O)c1ccc2c(c1)C(=O)N(c1ccccc1Cl)C2=O)C(=O)NCc1ccc(F)cc1. The molecular weight excluding hydrogens is 463 g/mol. The zero-order valence-electron chi connectivity index (χ0n) is 17.9. The second-order valence-electron chi connectivity index (χ2n) is 7.55. The molecule has 0 saturated heterocycles. The van der Waals surface area contributed by atoms with Crippen LogP contribution in [-0.4, -0.2) is 29.8 Å². The lowest BCUT2D eigenvalue weighted by Crippen LogP contribution is -2.35. The molecule has 1 N–H and O–H groups in total. The van der Waals surface area contributed by atoms with Crippen LogP contribution < -0.4 is 10.2 Å². The largest absolute Gasteiger partial charge is 0.449 e. The highest BCUT2D eigenvalue weighted by molar-refractivity contribution is 6.39. The van der Waals surface area contributed by atoms with Crippen LogP contribution in [0.5, 0.6) is 0 Å². The van der Waals surface area contributed by atoms with E-state index in [1.807, 2.05) is 0 Å². The van der Waals surface area contributed by atoms with Crippen LogP contribution in [0.15, 0.2) is 66.7 Å². The number of imide groups is 1. The van der Waals surface area contributed by atoms with E-state index in [0.717, 1.165) is 4.90 Å². The first-order valence-corrected chi connectivity index (χ1v) is 10.6. The fourth-order valence-corrected chi connectivity index (χ4v) is 3.66. The van der Waals surface area contributed by atoms with Crippen LogP contribution in [0.25, 0.3) is 0 Å². The lowest BCUT2D eigenvalue weighted by molar-refractivity contribution is -0.129. The second kappa shape index (κ2) is 9.44. The number of hydrogen-bond donors (Lipinski definition) is 1. The summed E-state index contributed by atoms with van der Waals surface area (Å²) in [5.41, 5.74) is 1.10. The van der Waals surface area contributed by atoms with Gasteiger partial charge in [-0.15, -0.1) is 0 Å². The van der Waals surface area contributed by atoms with Crippen LogP contribution >= 0.6 is 11.6 Å². The Morgan fingerprint density at radius 2 is 1.68 bits per heavy atom. The number of para-hydroxylation sites is 1. The summed E-state index contributed by atoms with van der Waals surface area (Å²) in [4.78, 5) is 51.5. The Labute approximate surface area is 199 Å². The Morgan fingerprint density at radius 3 is 2.38 bits per heavy atom. The molecule has 1 unspecified atom stereocenters. The van der Waals surface area contributed by atoms with Gasteiger partial charge in [-0.2, -0.15) is 0 Å². The third kappa shape index (κ3) is 4.53. The van der Waals surface area contributed by atoms with Crippen LogP contribution in [0.4, 0.5) is 10.1 Å². The van der Waals surface area contributed by atoms with Crippen LogP contribution in [-0.2, 0) is 16.1 Å². The Kier molecular flexibility index (Phi) is 6.43. The van der Waals surface area contributed by atoms with E-state index < -0.39 is 29.8 Å². The van der Waals surface area contributed by atoms with Gasteiger partial charge in [0.1, 0.15) is 5.82 Å². The molecule has 3 amide bonds. The molecule has 0 aromatic heterocycles. The van der Waals surface area contributed by atoms with Crippen molar-refractivity contribution >= 4 is 41.0 Å². The minimum atomic E-state index is -1.13. The minimum absolute atomic E-state index is 0.0130. The van der Waals surface area contributed by atoms with Crippen molar-refractivity contribution in [2.75, 3.05) is 4.90 Å². The van der Waals surface area contributed by atoms with Crippen LogP contribution in [0, 0.1) is 5.82 Å². The average molecular weight is 481 g/mol. The van der Waals surface area contributed by atoms with Crippen molar-refractivity contribution in [3.63, 3.8) is 0 Å². The predicted octanol–water partition coefficient (Wildman–Crippen LogP) is 4.14. The molecule has 172 valence electrons. The molecule has 0 bridgehead atoms. The maximum Gasteiger partial charge on any atom is 0.338 e. The van der Waals surface area contributed by atoms with Gasteiger partial charge in [-0.25, -0.2) is 14.1 Å². The summed E-state index contributed by atoms with van der Waals surface area (Å²) >= 11 is 6.14. The van der Waals surface area contributed by atoms with Gasteiger partial charge in [0.05, 0.1) is 27.4 Å². The quantitative estimate of drug-likeness (QED) is 0.423. The van der Waals surface area contributed by atoms with Gasteiger partial charge in [-0.1, -0.05) is 35.9 Å². The third-order valence-corrected chi connectivity index (χ3v) is 5.57. The maximum absolute atomic E-state index is 13.0. The molecule has 4 rings (SSSR count). The molecule has 1 atom stereocenters. The Hall–Kier alpha value is -4.04. The first-order valence-electron chi connectivity index (χ1n) is 10.3. The van der Waals surface area contributed by atoms with Gasteiger partial charge < -0.3 is 10.1 Å². The van der Waals surface area contributed by atoms with Gasteiger partial charge in [0.2, 0.25) is 0 Å². The molecule has 0 aliphatic carbocycles. The van der Waals surface area contributed by atoms with E-state index in [4.69, 9.17) is 16.3 Å². The molecule has 1 heterocycles. The van der Waals surface area contributed by atoms with Crippen molar-refractivity contribution in [2.24, 2.45) is 0 Å². The number of amides is 3. The van der Waals surface area contributed by atoms with E-state index in [1.54, 1.807) is 24.3 Å². The molecule has 0 saturated carbocycles. The van der Waals surface area contributed by atoms with Crippen molar-refractivity contribution in [3.05, 3.63) is 99.8 Å². The number of hydrogen-bond acceptors (Lipinski definition) is 5. The van der Waals surface area contributed by atoms with Gasteiger partial charge in [-0.05, 0) is 55.0 Å². The minimum Gasteiger partial charge on any atom is -0.449 e. The van der Waals surface area contributed by atoms with E-state index in [1.165, 1.54) is 49.4 Å². The second-order valence-corrected chi connectivity index (χ2v) is 7.96. The molecule has 0 radical (unpaired) electrons. The zero-order chi connectivity index (χ0) is 24.4. The van der Waals surface area contributed by atoms with Crippen molar-refractivity contribution < 1.29 is 28.3 Å². The number of ether oxygens (including phenoxy) is 1. The highest BCUT2D eigenvalue weighted by Crippen LogP contribution is 2.33. The lowest BCUT2D eigenvalue weighted by Gasteiger charge is -2.15. The molecule has 3 aromatic rings. The van der Waals surface area contributed by atoms with Crippen molar-refractivity contribution in [3.8, 4) is 0 Å². The summed E-state index contributed by atoms with van der Waals surface area (Å²) < 4.78 is 18.2. The Morgan fingerprint density at radius 1 is 1.00 bits per heavy atom.